The van der Waals surface area contributed by atoms with Gasteiger partial charge in [0.25, 0.3) is 5.91 Å². The quantitative estimate of drug-likeness (QED) is 0.797. The molecule has 8 heteroatoms. The number of nitrogens with zero attached hydrogens (tertiary/aromatic N) is 3. The highest BCUT2D eigenvalue weighted by molar-refractivity contribution is 7.09. The van der Waals surface area contributed by atoms with Gasteiger partial charge in [-0.3, -0.25) is 9.59 Å². The number of nitrogens with two attached hydrogens (primary N) is 1. The number of amides is 2. The summed E-state index contributed by atoms with van der Waals surface area (Å²) in [6.07, 6.45) is 0.692. The van der Waals surface area contributed by atoms with Gasteiger partial charge in [0.05, 0.1) is 5.01 Å². The fraction of sp³-hybridized carbons (Fsp3) is 0.615. The normalized spacial score (nSPS) is 15.3. The molecule has 0 atom stereocenters. The number of hydrogen-bond donors (Lipinski definition) is 1. The molecule has 2 heterocycles. The Bertz CT molecular complexity index is 497. The first kappa shape index (κ1) is 15.9. The zero-order valence-corrected chi connectivity index (χ0v) is 12.9. The Kier molecular flexibility index (Phi) is 5.66. The predicted octanol–water partition coefficient (Wildman–Crippen LogP) is -0.425. The lowest BCUT2D eigenvalue weighted by molar-refractivity contribution is -0.136. The molecule has 1 aromatic rings. The molecular weight excluding hydrogens is 292 g/mol. The second-order valence-corrected chi connectivity index (χ2v) is 5.71. The molecule has 1 fully saturated rings. The van der Waals surface area contributed by atoms with Gasteiger partial charge < -0.3 is 20.3 Å². The van der Waals surface area contributed by atoms with Crippen LogP contribution in [0.15, 0.2) is 5.38 Å². The predicted molar refractivity (Wildman–Crippen MR) is 79.2 cm³/mol. The molecule has 2 amide bonds. The maximum absolute atomic E-state index is 12.3. The first-order valence-corrected chi connectivity index (χ1v) is 7.74. The van der Waals surface area contributed by atoms with Crippen LogP contribution in [-0.4, -0.2) is 73.0 Å². The third-order valence-electron chi connectivity index (χ3n) is 3.32. The van der Waals surface area contributed by atoms with E-state index in [1.54, 1.807) is 15.2 Å². The lowest BCUT2D eigenvalue weighted by Gasteiger charge is -2.34. The Morgan fingerprint density at radius 1 is 1.33 bits per heavy atom. The molecule has 116 valence electrons. The third kappa shape index (κ3) is 3.99. The van der Waals surface area contributed by atoms with Crippen molar-refractivity contribution in [3.8, 4) is 0 Å². The molecule has 1 aliphatic rings. The van der Waals surface area contributed by atoms with Gasteiger partial charge in [0.1, 0.15) is 12.3 Å². The minimum atomic E-state index is -0.0756. The standard InChI is InChI=1S/C13H20N4O3S/c1-20-8-12(18)16-4-6-17(7-5-16)13(19)10-9-21-11(15-10)2-3-14/h9H,2-8,14H2,1H3. The SMILES string of the molecule is COCC(=O)N1CCN(C(=O)c2csc(CCN)n2)CC1. The van der Waals surface area contributed by atoms with Crippen molar-refractivity contribution in [2.24, 2.45) is 5.73 Å². The molecule has 1 saturated heterocycles. The number of methoxy groups -OCH3 is 1. The number of piperazine rings is 1. The van der Waals surface area contributed by atoms with Crippen molar-refractivity contribution in [3.05, 3.63) is 16.1 Å². The molecule has 0 aromatic carbocycles. The number of carbonyl (C=O) groups is 2. The molecule has 2 rings (SSSR count). The maximum Gasteiger partial charge on any atom is 0.273 e. The van der Waals surface area contributed by atoms with Crippen molar-refractivity contribution in [1.82, 2.24) is 14.8 Å². The van der Waals surface area contributed by atoms with E-state index in [9.17, 15) is 9.59 Å². The molecule has 0 spiro atoms. The molecule has 0 unspecified atom stereocenters. The average molecular weight is 312 g/mol. The number of carbonyl (C=O) groups excluding carboxylic acids is 2. The summed E-state index contributed by atoms with van der Waals surface area (Å²) in [4.78, 5) is 31.8. The van der Waals surface area contributed by atoms with Crippen molar-refractivity contribution in [2.75, 3.05) is 46.4 Å². The van der Waals surface area contributed by atoms with Gasteiger partial charge in [-0.05, 0) is 6.54 Å². The van der Waals surface area contributed by atoms with E-state index in [4.69, 9.17) is 10.5 Å². The number of rotatable bonds is 5. The minimum Gasteiger partial charge on any atom is -0.375 e. The monoisotopic (exact) mass is 312 g/mol. The second-order valence-electron chi connectivity index (χ2n) is 4.77. The van der Waals surface area contributed by atoms with Gasteiger partial charge in [-0.15, -0.1) is 11.3 Å². The van der Waals surface area contributed by atoms with Crippen molar-refractivity contribution in [2.45, 2.75) is 6.42 Å². The molecule has 21 heavy (non-hydrogen) atoms. The number of thiazole rings is 1. The third-order valence-corrected chi connectivity index (χ3v) is 4.23. The van der Waals surface area contributed by atoms with Crippen LogP contribution in [0.1, 0.15) is 15.5 Å². The van der Waals surface area contributed by atoms with Crippen LogP contribution in [0.2, 0.25) is 0 Å². The van der Waals surface area contributed by atoms with Crippen LogP contribution < -0.4 is 5.73 Å². The Hall–Kier alpha value is -1.51. The van der Waals surface area contributed by atoms with Crippen LogP contribution in [0, 0.1) is 0 Å². The Morgan fingerprint density at radius 2 is 2.00 bits per heavy atom. The van der Waals surface area contributed by atoms with E-state index in [0.29, 0.717) is 44.8 Å². The summed E-state index contributed by atoms with van der Waals surface area (Å²) >= 11 is 1.46. The molecule has 0 radical (unpaired) electrons. The topological polar surface area (TPSA) is 88.8 Å². The fourth-order valence-corrected chi connectivity index (χ4v) is 2.97. The fourth-order valence-electron chi connectivity index (χ4n) is 2.18. The number of ether oxygens (including phenoxy) is 1. The van der Waals surface area contributed by atoms with Gasteiger partial charge in [-0.2, -0.15) is 0 Å². The van der Waals surface area contributed by atoms with Crippen molar-refractivity contribution >= 4 is 23.2 Å². The lowest BCUT2D eigenvalue weighted by atomic mass is 10.3. The summed E-state index contributed by atoms with van der Waals surface area (Å²) in [7, 11) is 1.50. The zero-order valence-electron chi connectivity index (χ0n) is 12.1. The van der Waals surface area contributed by atoms with Gasteiger partial charge >= 0.3 is 0 Å². The van der Waals surface area contributed by atoms with Crippen molar-refractivity contribution in [3.63, 3.8) is 0 Å². The van der Waals surface area contributed by atoms with Gasteiger partial charge in [0.2, 0.25) is 5.91 Å². The van der Waals surface area contributed by atoms with Gasteiger partial charge in [-0.1, -0.05) is 0 Å². The van der Waals surface area contributed by atoms with Crippen LogP contribution in [0.3, 0.4) is 0 Å². The highest BCUT2D eigenvalue weighted by Gasteiger charge is 2.25. The summed E-state index contributed by atoms with van der Waals surface area (Å²) in [6.45, 7) is 2.74. The van der Waals surface area contributed by atoms with E-state index in [0.717, 1.165) is 5.01 Å². The van der Waals surface area contributed by atoms with E-state index >= 15 is 0 Å². The molecule has 1 aliphatic heterocycles. The first-order valence-electron chi connectivity index (χ1n) is 6.86. The van der Waals surface area contributed by atoms with Crippen molar-refractivity contribution < 1.29 is 14.3 Å². The highest BCUT2D eigenvalue weighted by Crippen LogP contribution is 2.13. The summed E-state index contributed by atoms with van der Waals surface area (Å²) in [5, 5.41) is 2.66. The van der Waals surface area contributed by atoms with Gasteiger partial charge in [0, 0.05) is 45.1 Å². The van der Waals surface area contributed by atoms with Crippen LogP contribution >= 0.6 is 11.3 Å². The molecule has 1 aromatic heterocycles. The summed E-state index contributed by atoms with van der Waals surface area (Å²) in [5.41, 5.74) is 5.95. The van der Waals surface area contributed by atoms with E-state index < -0.39 is 0 Å². The molecule has 7 nitrogen and oxygen atoms in total. The Balaban J connectivity index is 1.89. The van der Waals surface area contributed by atoms with Crippen molar-refractivity contribution in [1.29, 1.82) is 0 Å². The Morgan fingerprint density at radius 3 is 2.62 bits per heavy atom. The van der Waals surface area contributed by atoms with E-state index in [2.05, 4.69) is 4.98 Å². The molecule has 2 N–H and O–H groups in total. The van der Waals surface area contributed by atoms with Gasteiger partial charge in [0.15, 0.2) is 0 Å². The van der Waals surface area contributed by atoms with Gasteiger partial charge in [-0.25, -0.2) is 4.98 Å². The Labute approximate surface area is 127 Å². The highest BCUT2D eigenvalue weighted by atomic mass is 32.1. The molecule has 0 aliphatic carbocycles. The minimum absolute atomic E-state index is 0.0384. The zero-order chi connectivity index (χ0) is 15.2. The smallest absolute Gasteiger partial charge is 0.273 e. The van der Waals surface area contributed by atoms with Crippen LogP contribution in [0.5, 0.6) is 0 Å². The first-order chi connectivity index (χ1) is 10.2. The second kappa shape index (κ2) is 7.48. The van der Waals surface area contributed by atoms with Crippen LogP contribution in [0.25, 0.3) is 0 Å². The molecular formula is C13H20N4O3S. The lowest BCUT2D eigenvalue weighted by Crippen LogP contribution is -2.51. The number of hydrogen-bond acceptors (Lipinski definition) is 6. The summed E-state index contributed by atoms with van der Waals surface area (Å²) in [5.74, 6) is -0.114. The molecule has 0 bridgehead atoms. The van der Waals surface area contributed by atoms with Crippen LogP contribution in [0.4, 0.5) is 0 Å². The average Bonchev–Trinajstić information content (AvgIpc) is 2.96. The van der Waals surface area contributed by atoms with E-state index in [1.807, 2.05) is 0 Å². The van der Waals surface area contributed by atoms with E-state index in [1.165, 1.54) is 18.4 Å². The van der Waals surface area contributed by atoms with E-state index in [-0.39, 0.29) is 18.4 Å². The largest absolute Gasteiger partial charge is 0.375 e. The summed E-state index contributed by atoms with van der Waals surface area (Å²) < 4.78 is 4.84. The molecule has 0 saturated carbocycles. The van der Waals surface area contributed by atoms with Crippen LogP contribution in [-0.2, 0) is 16.0 Å². The summed E-state index contributed by atoms with van der Waals surface area (Å²) in [6, 6.07) is 0. The number of aromatic nitrogens is 1. The maximum atomic E-state index is 12.3.